The first-order chi connectivity index (χ1) is 25.5. The number of nitrogen functional groups attached to an aromatic ring is 1. The number of nitro benzene ring substituents is 1. The van der Waals surface area contributed by atoms with Crippen LogP contribution in [0.3, 0.4) is 0 Å². The van der Waals surface area contributed by atoms with E-state index in [4.69, 9.17) is 15.2 Å². The van der Waals surface area contributed by atoms with Crippen molar-refractivity contribution in [2.24, 2.45) is 0 Å². The molecule has 0 saturated heterocycles. The fraction of sp³-hybridized carbons (Fsp3) is 0.381. The van der Waals surface area contributed by atoms with Gasteiger partial charge in [-0.2, -0.15) is 0 Å². The molecule has 0 atom stereocenters. The normalized spacial score (nSPS) is 13.5. The van der Waals surface area contributed by atoms with Gasteiger partial charge >= 0.3 is 12.2 Å². The van der Waals surface area contributed by atoms with Crippen molar-refractivity contribution in [3.63, 3.8) is 0 Å². The number of nitrogens with one attached hydrogen (secondary N) is 4. The predicted molar refractivity (Wildman–Crippen MR) is 216 cm³/mol. The average Bonchev–Trinajstić information content (AvgIpc) is 3.09. The number of hydrogen-bond donors (Lipinski definition) is 5. The number of hydrogen-bond acceptors (Lipinski definition) is 9. The minimum atomic E-state index is -0.572. The van der Waals surface area contributed by atoms with Crippen LogP contribution in [0.1, 0.15) is 89.5 Å². The number of fused-ring (bicyclic) bond motifs is 2. The highest BCUT2D eigenvalue weighted by molar-refractivity contribution is 5.86. The molecule has 0 bridgehead atoms. The van der Waals surface area contributed by atoms with Gasteiger partial charge < -0.3 is 25.8 Å². The Labute approximate surface area is 317 Å². The number of ether oxygens (including phenoxy) is 2. The molecule has 54 heavy (non-hydrogen) atoms. The van der Waals surface area contributed by atoms with Crippen LogP contribution in [0, 0.1) is 10.1 Å². The molecule has 12 heteroatoms. The molecular formula is C42H52N6O6. The molecule has 0 fully saturated rings. The Hall–Kier alpha value is -5.78. The summed E-state index contributed by atoms with van der Waals surface area (Å²) >= 11 is 0. The summed E-state index contributed by atoms with van der Waals surface area (Å²) in [6, 6.07) is 22.4. The third-order valence-electron chi connectivity index (χ3n) is 8.88. The number of carbonyl (C=O) groups excluding carboxylic acids is 2. The first-order valence-electron chi connectivity index (χ1n) is 18.5. The third kappa shape index (κ3) is 11.1. The number of benzene rings is 4. The maximum absolute atomic E-state index is 11.8. The summed E-state index contributed by atoms with van der Waals surface area (Å²) in [6.07, 6.45) is 7.29. The highest BCUT2D eigenvalue weighted by atomic mass is 16.6. The van der Waals surface area contributed by atoms with E-state index >= 15 is 0 Å². The molecule has 0 aliphatic heterocycles. The fourth-order valence-corrected chi connectivity index (χ4v) is 6.51. The zero-order chi connectivity index (χ0) is 39.0. The molecule has 0 aromatic heterocycles. The van der Waals surface area contributed by atoms with Crippen molar-refractivity contribution >= 4 is 57.7 Å². The number of nitro groups is 1. The molecule has 0 unspecified atom stereocenters. The quantitative estimate of drug-likeness (QED) is 0.0703. The van der Waals surface area contributed by atoms with Gasteiger partial charge in [-0.05, 0) is 170 Å². The lowest BCUT2D eigenvalue weighted by atomic mass is 9.90. The van der Waals surface area contributed by atoms with Gasteiger partial charge in [0.15, 0.2) is 0 Å². The van der Waals surface area contributed by atoms with E-state index in [9.17, 15) is 19.7 Å². The second-order valence-electron chi connectivity index (χ2n) is 15.6. The maximum atomic E-state index is 11.8. The van der Waals surface area contributed by atoms with E-state index in [1.54, 1.807) is 51.1 Å². The monoisotopic (exact) mass is 736 g/mol. The number of aryl methyl sites for hydroxylation is 2. The van der Waals surface area contributed by atoms with Crippen LogP contribution in [0.2, 0.25) is 0 Å². The van der Waals surface area contributed by atoms with E-state index in [-0.39, 0.29) is 10.6 Å². The minimum absolute atomic E-state index is 0.160. The van der Waals surface area contributed by atoms with Crippen LogP contribution in [0.25, 0.3) is 0 Å². The molecule has 0 radical (unpaired) electrons. The van der Waals surface area contributed by atoms with Crippen molar-refractivity contribution in [1.82, 2.24) is 0 Å². The van der Waals surface area contributed by atoms with Crippen molar-refractivity contribution < 1.29 is 24.0 Å². The molecule has 0 saturated carbocycles. The Morgan fingerprint density at radius 1 is 0.593 bits per heavy atom. The van der Waals surface area contributed by atoms with Crippen molar-refractivity contribution in [1.29, 1.82) is 0 Å². The molecule has 2 aliphatic rings. The zero-order valence-electron chi connectivity index (χ0n) is 32.1. The molecule has 4 aromatic rings. The largest absolute Gasteiger partial charge is 0.444 e. The first kappa shape index (κ1) is 39.4. The molecule has 2 amide bonds. The van der Waals surface area contributed by atoms with Gasteiger partial charge in [-0.1, -0.05) is 12.1 Å². The smallest absolute Gasteiger partial charge is 0.412 e. The first-order valence-corrected chi connectivity index (χ1v) is 18.5. The van der Waals surface area contributed by atoms with Crippen molar-refractivity contribution in [2.75, 3.05) is 27.0 Å². The average molecular weight is 737 g/mol. The SMILES string of the molecule is CC(C)(C)OC(=O)Nc1ccc(Nc2ccc3c(c2N)CCCC3)cc1.CC(C)(C)OC(=O)Nc1ccc(Nc2ccc3c(c2[N+](=O)[O-])CCCC3)cc1. The van der Waals surface area contributed by atoms with Crippen molar-refractivity contribution in [2.45, 2.75) is 104 Å². The van der Waals surface area contributed by atoms with Gasteiger partial charge in [-0.15, -0.1) is 0 Å². The summed E-state index contributed by atoms with van der Waals surface area (Å²) in [5.41, 5.74) is 15.1. The molecule has 6 N–H and O–H groups in total. The Balaban J connectivity index is 0.000000208. The topological polar surface area (TPSA) is 170 Å². The van der Waals surface area contributed by atoms with Gasteiger partial charge in [-0.3, -0.25) is 20.7 Å². The van der Waals surface area contributed by atoms with Gasteiger partial charge in [0, 0.05) is 28.3 Å². The Morgan fingerprint density at radius 3 is 1.44 bits per heavy atom. The highest BCUT2D eigenvalue weighted by Gasteiger charge is 2.25. The molecule has 0 spiro atoms. The van der Waals surface area contributed by atoms with Gasteiger partial charge in [0.25, 0.3) is 5.69 Å². The Morgan fingerprint density at radius 2 is 0.981 bits per heavy atom. The van der Waals surface area contributed by atoms with Gasteiger partial charge in [0.2, 0.25) is 0 Å². The summed E-state index contributed by atoms with van der Waals surface area (Å²) in [4.78, 5) is 35.0. The standard InChI is InChI=1S/C21H25N3O4.C21H27N3O2/c1-21(2,3)28-20(25)23-16-11-9-15(10-12-16)22-18-13-8-14-6-4-5-7-17(14)19(18)24(26)27;1-21(2,3)26-20(25)24-16-11-9-15(10-12-16)23-18-13-8-14-6-4-5-7-17(14)19(18)22/h8-13,22H,4-7H2,1-3H3,(H,23,25);8-13,23H,4-7,22H2,1-3H3,(H,24,25). The summed E-state index contributed by atoms with van der Waals surface area (Å²) < 4.78 is 10.5. The summed E-state index contributed by atoms with van der Waals surface area (Å²) in [5, 5.41) is 23.6. The van der Waals surface area contributed by atoms with E-state index in [1.165, 1.54) is 24.0 Å². The van der Waals surface area contributed by atoms with Crippen LogP contribution >= 0.6 is 0 Å². The lowest BCUT2D eigenvalue weighted by Gasteiger charge is -2.21. The second kappa shape index (κ2) is 16.9. The van der Waals surface area contributed by atoms with Crippen LogP contribution < -0.4 is 27.0 Å². The van der Waals surface area contributed by atoms with Gasteiger partial charge in [0.05, 0.1) is 16.3 Å². The van der Waals surface area contributed by atoms with E-state index < -0.39 is 23.4 Å². The highest BCUT2D eigenvalue weighted by Crippen LogP contribution is 2.37. The third-order valence-corrected chi connectivity index (χ3v) is 8.88. The Bertz CT molecular complexity index is 1960. The lowest BCUT2D eigenvalue weighted by Crippen LogP contribution is -2.27. The zero-order valence-corrected chi connectivity index (χ0v) is 32.1. The maximum Gasteiger partial charge on any atom is 0.412 e. The van der Waals surface area contributed by atoms with Crippen LogP contribution in [-0.2, 0) is 35.2 Å². The van der Waals surface area contributed by atoms with Crippen molar-refractivity contribution in [3.8, 4) is 0 Å². The van der Waals surface area contributed by atoms with E-state index in [0.29, 0.717) is 22.7 Å². The van der Waals surface area contributed by atoms with Crippen LogP contribution in [0.5, 0.6) is 0 Å². The van der Waals surface area contributed by atoms with Crippen molar-refractivity contribution in [3.05, 3.63) is 105 Å². The number of rotatable bonds is 7. The predicted octanol–water partition coefficient (Wildman–Crippen LogP) is 10.8. The summed E-state index contributed by atoms with van der Waals surface area (Å²) in [7, 11) is 0. The summed E-state index contributed by atoms with van der Waals surface area (Å²) in [6.45, 7) is 10.9. The molecule has 0 heterocycles. The number of anilines is 7. The molecule has 4 aromatic carbocycles. The number of nitrogens with zero attached hydrogens (tertiary/aromatic N) is 1. The second-order valence-corrected chi connectivity index (χ2v) is 15.6. The van der Waals surface area contributed by atoms with Crippen LogP contribution in [0.15, 0.2) is 72.8 Å². The number of nitrogens with two attached hydrogens (primary N) is 1. The number of amides is 2. The number of carbonyl (C=O) groups is 2. The molecule has 12 nitrogen and oxygen atoms in total. The fourth-order valence-electron chi connectivity index (χ4n) is 6.51. The van der Waals surface area contributed by atoms with Gasteiger partial charge in [0.1, 0.15) is 16.9 Å². The van der Waals surface area contributed by atoms with Gasteiger partial charge in [-0.25, -0.2) is 9.59 Å². The van der Waals surface area contributed by atoms with E-state index in [0.717, 1.165) is 66.7 Å². The summed E-state index contributed by atoms with van der Waals surface area (Å²) in [5.74, 6) is 0. The molecule has 2 aliphatic carbocycles. The Kier molecular flexibility index (Phi) is 12.4. The van der Waals surface area contributed by atoms with Crippen LogP contribution in [-0.4, -0.2) is 28.3 Å². The molecule has 6 rings (SSSR count). The van der Waals surface area contributed by atoms with E-state index in [1.807, 2.05) is 57.2 Å². The van der Waals surface area contributed by atoms with E-state index in [2.05, 4.69) is 27.3 Å². The van der Waals surface area contributed by atoms with Crippen LogP contribution in [0.4, 0.5) is 55.1 Å². The molecular weight excluding hydrogens is 684 g/mol. The lowest BCUT2D eigenvalue weighted by molar-refractivity contribution is -0.384. The minimum Gasteiger partial charge on any atom is -0.444 e. The molecule has 286 valence electrons.